The average Bonchev–Trinajstić information content (AvgIpc) is 2.82. The van der Waals surface area contributed by atoms with Crippen LogP contribution in [0.1, 0.15) is 12.8 Å². The highest BCUT2D eigenvalue weighted by Gasteiger charge is 2.15. The smallest absolute Gasteiger partial charge is 0.303 e. The highest BCUT2D eigenvalue weighted by atomic mass is 16.4. The zero-order chi connectivity index (χ0) is 15.1. The monoisotopic (exact) mass is 283 g/mol. The molecule has 1 heterocycles. The number of anilines is 1. The molecule has 0 aliphatic rings. The lowest BCUT2D eigenvalue weighted by atomic mass is 10.1. The van der Waals surface area contributed by atoms with Crippen molar-refractivity contribution in [3.8, 4) is 0 Å². The fourth-order valence-corrected chi connectivity index (χ4v) is 1.39. The Balaban J connectivity index is 2.49. The predicted octanol–water partition coefficient (Wildman–Crippen LogP) is -1.24. The highest BCUT2D eigenvalue weighted by Crippen LogP contribution is 2.06. The van der Waals surface area contributed by atoms with Crippen molar-refractivity contribution in [1.29, 1.82) is 0 Å². The van der Waals surface area contributed by atoms with E-state index in [1.807, 2.05) is 0 Å². The van der Waals surface area contributed by atoms with Crippen LogP contribution in [0, 0.1) is 0 Å². The topological polar surface area (TPSA) is 139 Å². The molecule has 9 nitrogen and oxygen atoms in total. The first-order chi connectivity index (χ1) is 9.42. The number of nitrogens with two attached hydrogens (primary N) is 1. The van der Waals surface area contributed by atoms with Gasteiger partial charge >= 0.3 is 5.97 Å². The van der Waals surface area contributed by atoms with E-state index < -0.39 is 17.9 Å². The third kappa shape index (κ3) is 5.06. The molecule has 0 bridgehead atoms. The van der Waals surface area contributed by atoms with E-state index >= 15 is 0 Å². The van der Waals surface area contributed by atoms with E-state index in [9.17, 15) is 14.4 Å². The number of rotatable bonds is 7. The molecule has 110 valence electrons. The number of likely N-dealkylation sites (N-methyl/N-ethyl adjacent to an activating group) is 1. The SMILES string of the molecule is CNC(=O)Cn1cc(NC(=O)C(N)CCC(=O)O)cn1. The lowest BCUT2D eigenvalue weighted by molar-refractivity contribution is -0.137. The molecule has 0 fully saturated rings. The summed E-state index contributed by atoms with van der Waals surface area (Å²) < 4.78 is 1.36. The summed E-state index contributed by atoms with van der Waals surface area (Å²) in [5.74, 6) is -1.72. The number of aliphatic carboxylic acids is 1. The standard InChI is InChI=1S/C11H17N5O4/c1-13-9(17)6-16-5-7(4-14-16)15-11(20)8(12)2-3-10(18)19/h4-5,8H,2-3,6,12H2,1H3,(H,13,17)(H,15,20)(H,18,19). The Hall–Kier alpha value is -2.42. The Morgan fingerprint density at radius 3 is 2.80 bits per heavy atom. The van der Waals surface area contributed by atoms with Crippen molar-refractivity contribution in [2.45, 2.75) is 25.4 Å². The van der Waals surface area contributed by atoms with Crippen LogP contribution in [-0.2, 0) is 20.9 Å². The normalized spacial score (nSPS) is 11.7. The molecule has 1 unspecified atom stereocenters. The molecule has 1 aromatic rings. The van der Waals surface area contributed by atoms with E-state index in [1.54, 1.807) is 0 Å². The summed E-state index contributed by atoms with van der Waals surface area (Å²) in [4.78, 5) is 33.2. The molecule has 1 rings (SSSR count). The van der Waals surface area contributed by atoms with Gasteiger partial charge in [0, 0.05) is 19.7 Å². The van der Waals surface area contributed by atoms with Crippen molar-refractivity contribution in [3.05, 3.63) is 12.4 Å². The zero-order valence-corrected chi connectivity index (χ0v) is 11.0. The van der Waals surface area contributed by atoms with E-state index in [2.05, 4.69) is 15.7 Å². The minimum Gasteiger partial charge on any atom is -0.481 e. The Labute approximate surface area is 115 Å². The van der Waals surface area contributed by atoms with Crippen LogP contribution in [-0.4, -0.2) is 45.8 Å². The predicted molar refractivity (Wildman–Crippen MR) is 69.8 cm³/mol. The van der Waals surface area contributed by atoms with Gasteiger partial charge in [-0.15, -0.1) is 0 Å². The van der Waals surface area contributed by atoms with Crippen LogP contribution in [0.15, 0.2) is 12.4 Å². The second-order valence-electron chi connectivity index (χ2n) is 4.13. The molecule has 0 spiro atoms. The van der Waals surface area contributed by atoms with Gasteiger partial charge in [0.15, 0.2) is 0 Å². The molecule has 0 saturated heterocycles. The number of carboxylic acids is 1. The van der Waals surface area contributed by atoms with Gasteiger partial charge in [0.1, 0.15) is 6.54 Å². The van der Waals surface area contributed by atoms with E-state index in [4.69, 9.17) is 10.8 Å². The van der Waals surface area contributed by atoms with Gasteiger partial charge in [-0.25, -0.2) is 0 Å². The van der Waals surface area contributed by atoms with Crippen LogP contribution in [0.25, 0.3) is 0 Å². The molecule has 1 aromatic heterocycles. The van der Waals surface area contributed by atoms with Crippen LogP contribution in [0.2, 0.25) is 0 Å². The minimum atomic E-state index is -1.01. The van der Waals surface area contributed by atoms with Crippen molar-refractivity contribution < 1.29 is 19.5 Å². The molecule has 0 aromatic carbocycles. The maximum atomic E-state index is 11.7. The van der Waals surface area contributed by atoms with Gasteiger partial charge in [-0.05, 0) is 6.42 Å². The van der Waals surface area contributed by atoms with Crippen molar-refractivity contribution in [2.75, 3.05) is 12.4 Å². The first kappa shape index (κ1) is 15.6. The number of nitrogens with zero attached hydrogens (tertiary/aromatic N) is 2. The second-order valence-corrected chi connectivity index (χ2v) is 4.13. The Kier molecular flexibility index (Phi) is 5.66. The number of carbonyl (C=O) groups excluding carboxylic acids is 2. The number of amides is 2. The molecule has 0 aliphatic carbocycles. The number of carbonyl (C=O) groups is 3. The Bertz CT molecular complexity index is 499. The lowest BCUT2D eigenvalue weighted by Crippen LogP contribution is -2.35. The van der Waals surface area contributed by atoms with E-state index in [0.29, 0.717) is 5.69 Å². The van der Waals surface area contributed by atoms with Gasteiger partial charge < -0.3 is 21.5 Å². The highest BCUT2D eigenvalue weighted by molar-refractivity contribution is 5.94. The molecule has 9 heteroatoms. The number of nitrogens with one attached hydrogen (secondary N) is 2. The summed E-state index contributed by atoms with van der Waals surface area (Å²) >= 11 is 0. The van der Waals surface area contributed by atoms with Gasteiger partial charge in [0.05, 0.1) is 17.9 Å². The Morgan fingerprint density at radius 2 is 2.20 bits per heavy atom. The van der Waals surface area contributed by atoms with Gasteiger partial charge in [-0.2, -0.15) is 5.10 Å². The van der Waals surface area contributed by atoms with Crippen LogP contribution >= 0.6 is 0 Å². The second kappa shape index (κ2) is 7.24. The largest absolute Gasteiger partial charge is 0.481 e. The van der Waals surface area contributed by atoms with Crippen molar-refractivity contribution >= 4 is 23.5 Å². The third-order valence-electron chi connectivity index (χ3n) is 2.49. The van der Waals surface area contributed by atoms with Gasteiger partial charge in [0.2, 0.25) is 11.8 Å². The summed E-state index contributed by atoms with van der Waals surface area (Å²) in [6, 6.07) is -0.909. The summed E-state index contributed by atoms with van der Waals surface area (Å²) in [6.07, 6.45) is 2.74. The molecule has 2 amide bonds. The van der Waals surface area contributed by atoms with Crippen molar-refractivity contribution in [2.24, 2.45) is 5.73 Å². The molecular formula is C11H17N5O4. The van der Waals surface area contributed by atoms with Crippen molar-refractivity contribution in [1.82, 2.24) is 15.1 Å². The van der Waals surface area contributed by atoms with Gasteiger partial charge in [-0.3, -0.25) is 19.1 Å². The molecule has 0 radical (unpaired) electrons. The first-order valence-electron chi connectivity index (χ1n) is 5.93. The maximum absolute atomic E-state index is 11.7. The van der Waals surface area contributed by atoms with E-state index in [-0.39, 0.29) is 25.3 Å². The lowest BCUT2D eigenvalue weighted by Gasteiger charge is -2.09. The van der Waals surface area contributed by atoms with Crippen LogP contribution in [0.5, 0.6) is 0 Å². The fraction of sp³-hybridized carbons (Fsp3) is 0.455. The minimum absolute atomic E-state index is 0.0391. The first-order valence-corrected chi connectivity index (χ1v) is 5.93. The maximum Gasteiger partial charge on any atom is 0.303 e. The number of hydrogen-bond donors (Lipinski definition) is 4. The molecule has 5 N–H and O–H groups in total. The summed E-state index contributed by atoms with van der Waals surface area (Å²) in [7, 11) is 1.51. The van der Waals surface area contributed by atoms with Crippen LogP contribution in [0.3, 0.4) is 0 Å². The number of aromatic nitrogens is 2. The molecule has 0 saturated carbocycles. The average molecular weight is 283 g/mol. The van der Waals surface area contributed by atoms with E-state index in [0.717, 1.165) is 0 Å². The Morgan fingerprint density at radius 1 is 1.50 bits per heavy atom. The van der Waals surface area contributed by atoms with Crippen molar-refractivity contribution in [3.63, 3.8) is 0 Å². The van der Waals surface area contributed by atoms with Gasteiger partial charge in [0.25, 0.3) is 0 Å². The quantitative estimate of drug-likeness (QED) is 0.493. The third-order valence-corrected chi connectivity index (χ3v) is 2.49. The molecule has 20 heavy (non-hydrogen) atoms. The number of hydrogen-bond acceptors (Lipinski definition) is 5. The van der Waals surface area contributed by atoms with Gasteiger partial charge in [-0.1, -0.05) is 0 Å². The van der Waals surface area contributed by atoms with Crippen LogP contribution in [0.4, 0.5) is 5.69 Å². The zero-order valence-electron chi connectivity index (χ0n) is 11.0. The van der Waals surface area contributed by atoms with E-state index in [1.165, 1.54) is 24.1 Å². The molecular weight excluding hydrogens is 266 g/mol. The summed E-state index contributed by atoms with van der Waals surface area (Å²) in [5.41, 5.74) is 5.95. The fourth-order valence-electron chi connectivity index (χ4n) is 1.39. The molecule has 0 aliphatic heterocycles. The van der Waals surface area contributed by atoms with Crippen LogP contribution < -0.4 is 16.4 Å². The number of carboxylic acid groups (broad SMARTS) is 1. The molecule has 1 atom stereocenters. The summed E-state index contributed by atoms with van der Waals surface area (Å²) in [6.45, 7) is 0.0391. The summed E-state index contributed by atoms with van der Waals surface area (Å²) in [5, 5.41) is 17.4.